The third kappa shape index (κ3) is 4.29. The number of hydrogen-bond donors (Lipinski definition) is 1. The van der Waals surface area contributed by atoms with Gasteiger partial charge in [-0.25, -0.2) is 0 Å². The van der Waals surface area contributed by atoms with Crippen molar-refractivity contribution in [3.63, 3.8) is 0 Å². The van der Waals surface area contributed by atoms with Crippen molar-refractivity contribution in [2.75, 3.05) is 44.6 Å². The van der Waals surface area contributed by atoms with Crippen LogP contribution in [0.1, 0.15) is 23.6 Å². The Labute approximate surface area is 128 Å². The number of rotatable bonds is 4. The number of nitrogens with one attached hydrogen (secondary N) is 1. The van der Waals surface area contributed by atoms with E-state index in [1.165, 1.54) is 5.56 Å². The minimum Gasteiger partial charge on any atom is -0.324 e. The number of aryl methyl sites for hydroxylation is 3. The van der Waals surface area contributed by atoms with Crippen LogP contribution in [0.15, 0.2) is 12.1 Å². The van der Waals surface area contributed by atoms with Gasteiger partial charge >= 0.3 is 0 Å². The van der Waals surface area contributed by atoms with Crippen molar-refractivity contribution in [3.8, 4) is 0 Å². The number of hydrogen-bond acceptors (Lipinski definition) is 3. The number of carbonyl (C=O) groups excluding carboxylic acids is 1. The molecule has 1 aromatic carbocycles. The first kappa shape index (κ1) is 16.0. The summed E-state index contributed by atoms with van der Waals surface area (Å²) in [5.74, 6) is 0.0926. The van der Waals surface area contributed by atoms with E-state index in [1.54, 1.807) is 0 Å². The fourth-order valence-corrected chi connectivity index (χ4v) is 3.02. The van der Waals surface area contributed by atoms with Gasteiger partial charge in [-0.15, -0.1) is 0 Å². The molecule has 1 aliphatic heterocycles. The van der Waals surface area contributed by atoms with Gasteiger partial charge in [-0.3, -0.25) is 9.69 Å². The van der Waals surface area contributed by atoms with Crippen LogP contribution in [-0.2, 0) is 4.79 Å². The second-order valence-corrected chi connectivity index (χ2v) is 6.03. The van der Waals surface area contributed by atoms with E-state index in [0.717, 1.165) is 49.5 Å². The molecule has 1 aliphatic rings. The molecule has 0 spiro atoms. The molecular weight excluding hydrogens is 262 g/mol. The second kappa shape index (κ2) is 7.05. The summed E-state index contributed by atoms with van der Waals surface area (Å²) in [4.78, 5) is 16.9. The van der Waals surface area contributed by atoms with Crippen LogP contribution in [0.2, 0.25) is 0 Å². The number of likely N-dealkylation sites (N-methyl/N-ethyl adjacent to an activating group) is 1. The molecule has 0 bridgehead atoms. The maximum atomic E-state index is 12.3. The van der Waals surface area contributed by atoms with Crippen molar-refractivity contribution in [2.45, 2.75) is 27.7 Å². The molecular formula is C17H27N3O. The lowest BCUT2D eigenvalue weighted by atomic mass is 10.1. The Kier molecular flexibility index (Phi) is 5.37. The molecule has 4 nitrogen and oxygen atoms in total. The molecule has 21 heavy (non-hydrogen) atoms. The molecule has 1 aromatic rings. The fraction of sp³-hybridized carbons (Fsp3) is 0.588. The summed E-state index contributed by atoms with van der Waals surface area (Å²) in [6, 6.07) is 4.23. The molecule has 0 saturated carbocycles. The summed E-state index contributed by atoms with van der Waals surface area (Å²) in [5, 5.41) is 3.08. The van der Waals surface area contributed by atoms with E-state index in [2.05, 4.69) is 54.9 Å². The molecule has 2 rings (SSSR count). The Balaban J connectivity index is 1.91. The average Bonchev–Trinajstić information content (AvgIpc) is 2.43. The average molecular weight is 289 g/mol. The summed E-state index contributed by atoms with van der Waals surface area (Å²) in [6.07, 6.45) is 0. The van der Waals surface area contributed by atoms with E-state index in [1.807, 2.05) is 0 Å². The van der Waals surface area contributed by atoms with E-state index in [-0.39, 0.29) is 5.91 Å². The Bertz CT molecular complexity index is 482. The SMILES string of the molecule is CCN1CCN(CC(=O)Nc2c(C)cc(C)cc2C)CC1. The lowest BCUT2D eigenvalue weighted by molar-refractivity contribution is -0.117. The predicted octanol–water partition coefficient (Wildman–Crippen LogP) is 2.19. The van der Waals surface area contributed by atoms with Gasteiger partial charge in [0.2, 0.25) is 5.91 Å². The third-order valence-corrected chi connectivity index (χ3v) is 4.22. The van der Waals surface area contributed by atoms with E-state index in [0.29, 0.717) is 6.54 Å². The van der Waals surface area contributed by atoms with Gasteiger partial charge in [-0.1, -0.05) is 24.6 Å². The third-order valence-electron chi connectivity index (χ3n) is 4.22. The number of piperazine rings is 1. The molecule has 1 heterocycles. The van der Waals surface area contributed by atoms with E-state index < -0.39 is 0 Å². The lowest BCUT2D eigenvalue weighted by Gasteiger charge is -2.33. The van der Waals surface area contributed by atoms with Crippen molar-refractivity contribution in [1.82, 2.24) is 9.80 Å². The van der Waals surface area contributed by atoms with Crippen LogP contribution in [0.25, 0.3) is 0 Å². The smallest absolute Gasteiger partial charge is 0.238 e. The first-order chi connectivity index (χ1) is 9.99. The minimum absolute atomic E-state index is 0.0926. The molecule has 0 radical (unpaired) electrons. The minimum atomic E-state index is 0.0926. The topological polar surface area (TPSA) is 35.6 Å². The number of anilines is 1. The van der Waals surface area contributed by atoms with Gasteiger partial charge in [-0.2, -0.15) is 0 Å². The van der Waals surface area contributed by atoms with Gasteiger partial charge in [0, 0.05) is 31.9 Å². The Morgan fingerprint density at radius 1 is 1.05 bits per heavy atom. The molecule has 0 unspecified atom stereocenters. The first-order valence-corrected chi connectivity index (χ1v) is 7.82. The van der Waals surface area contributed by atoms with Crippen molar-refractivity contribution in [1.29, 1.82) is 0 Å². The quantitative estimate of drug-likeness (QED) is 0.923. The molecule has 0 aliphatic carbocycles. The Morgan fingerprint density at radius 3 is 2.10 bits per heavy atom. The van der Waals surface area contributed by atoms with Gasteiger partial charge < -0.3 is 10.2 Å². The second-order valence-electron chi connectivity index (χ2n) is 6.03. The summed E-state index contributed by atoms with van der Waals surface area (Å²) >= 11 is 0. The highest BCUT2D eigenvalue weighted by Gasteiger charge is 2.18. The van der Waals surface area contributed by atoms with Gasteiger partial charge in [0.05, 0.1) is 6.54 Å². The van der Waals surface area contributed by atoms with Crippen molar-refractivity contribution >= 4 is 11.6 Å². The number of nitrogens with zero attached hydrogens (tertiary/aromatic N) is 2. The Morgan fingerprint density at radius 2 is 1.57 bits per heavy atom. The van der Waals surface area contributed by atoms with Crippen LogP contribution in [-0.4, -0.2) is 55.0 Å². The highest BCUT2D eigenvalue weighted by Crippen LogP contribution is 2.21. The monoisotopic (exact) mass is 289 g/mol. The molecule has 0 aromatic heterocycles. The lowest BCUT2D eigenvalue weighted by Crippen LogP contribution is -2.48. The number of benzene rings is 1. The van der Waals surface area contributed by atoms with Gasteiger partial charge in [0.25, 0.3) is 0 Å². The van der Waals surface area contributed by atoms with Gasteiger partial charge in [-0.05, 0) is 38.4 Å². The molecule has 1 N–H and O–H groups in total. The normalized spacial score (nSPS) is 17.0. The molecule has 1 saturated heterocycles. The van der Waals surface area contributed by atoms with Gasteiger partial charge in [0.15, 0.2) is 0 Å². The highest BCUT2D eigenvalue weighted by atomic mass is 16.2. The van der Waals surface area contributed by atoms with E-state index in [9.17, 15) is 4.79 Å². The zero-order chi connectivity index (χ0) is 15.4. The van der Waals surface area contributed by atoms with Crippen LogP contribution in [0.5, 0.6) is 0 Å². The summed E-state index contributed by atoms with van der Waals surface area (Å²) in [5.41, 5.74) is 4.48. The first-order valence-electron chi connectivity index (χ1n) is 7.82. The summed E-state index contributed by atoms with van der Waals surface area (Å²) in [6.45, 7) is 14.0. The van der Waals surface area contributed by atoms with Crippen LogP contribution in [0.4, 0.5) is 5.69 Å². The molecule has 4 heteroatoms. The van der Waals surface area contributed by atoms with Crippen molar-refractivity contribution in [3.05, 3.63) is 28.8 Å². The van der Waals surface area contributed by atoms with E-state index in [4.69, 9.17) is 0 Å². The maximum Gasteiger partial charge on any atom is 0.238 e. The zero-order valence-corrected chi connectivity index (χ0v) is 13.7. The molecule has 0 atom stereocenters. The van der Waals surface area contributed by atoms with Crippen LogP contribution in [0, 0.1) is 20.8 Å². The summed E-state index contributed by atoms with van der Waals surface area (Å²) in [7, 11) is 0. The highest BCUT2D eigenvalue weighted by molar-refractivity contribution is 5.93. The summed E-state index contributed by atoms with van der Waals surface area (Å²) < 4.78 is 0. The van der Waals surface area contributed by atoms with Gasteiger partial charge in [0.1, 0.15) is 0 Å². The number of carbonyl (C=O) groups is 1. The molecule has 1 amide bonds. The van der Waals surface area contributed by atoms with Crippen LogP contribution < -0.4 is 5.32 Å². The largest absolute Gasteiger partial charge is 0.324 e. The number of amides is 1. The van der Waals surface area contributed by atoms with Crippen LogP contribution >= 0.6 is 0 Å². The molecule has 1 fully saturated rings. The van der Waals surface area contributed by atoms with Crippen molar-refractivity contribution in [2.24, 2.45) is 0 Å². The van der Waals surface area contributed by atoms with Crippen molar-refractivity contribution < 1.29 is 4.79 Å². The molecule has 116 valence electrons. The zero-order valence-electron chi connectivity index (χ0n) is 13.7. The predicted molar refractivity (Wildman–Crippen MR) is 87.8 cm³/mol. The van der Waals surface area contributed by atoms with E-state index >= 15 is 0 Å². The maximum absolute atomic E-state index is 12.3. The Hall–Kier alpha value is -1.39. The van der Waals surface area contributed by atoms with Crippen LogP contribution in [0.3, 0.4) is 0 Å². The fourth-order valence-electron chi connectivity index (χ4n) is 3.02. The standard InChI is InChI=1S/C17H27N3O/c1-5-19-6-8-20(9-7-19)12-16(21)18-17-14(3)10-13(2)11-15(17)4/h10-11H,5-9,12H2,1-4H3,(H,18,21).